The predicted octanol–water partition coefficient (Wildman–Crippen LogP) is 3.89. The van der Waals surface area contributed by atoms with E-state index in [4.69, 9.17) is 0 Å². The molecule has 1 aromatic carbocycles. The van der Waals surface area contributed by atoms with Crippen molar-refractivity contribution in [2.45, 2.75) is 17.6 Å². The van der Waals surface area contributed by atoms with Crippen LogP contribution in [0.25, 0.3) is 0 Å². The van der Waals surface area contributed by atoms with Crippen molar-refractivity contribution >= 4 is 29.1 Å². The average molecular weight is 296 g/mol. The van der Waals surface area contributed by atoms with E-state index in [1.54, 1.807) is 44.3 Å². The van der Waals surface area contributed by atoms with Gasteiger partial charge in [0.1, 0.15) is 17.5 Å². The maximum Gasteiger partial charge on any atom is 0.288 e. The number of para-hydroxylation sites is 1. The molecule has 7 heteroatoms. The van der Waals surface area contributed by atoms with E-state index in [-0.39, 0.29) is 0 Å². The number of nitrogens with zero attached hydrogens (tertiary/aromatic N) is 2. The Morgan fingerprint density at radius 3 is 2.55 bits per heavy atom. The summed E-state index contributed by atoms with van der Waals surface area (Å²) in [5.74, 6) is -0.639. The Hall–Kier alpha value is -1.89. The fraction of sp³-hybridized carbons (Fsp3) is 0.231. The second-order valence-corrected chi connectivity index (χ2v) is 4.97. The van der Waals surface area contributed by atoms with Crippen LogP contribution in [0.3, 0.4) is 0 Å². The molecule has 20 heavy (non-hydrogen) atoms. The molecule has 0 radical (unpaired) electrons. The van der Waals surface area contributed by atoms with Crippen molar-refractivity contribution in [3.8, 4) is 0 Å². The molecule has 0 amide bonds. The standard InChI is InChI=1S/C13H14F2N4S/c1-8-17-11(16-2)7-12(18-8)19-9-5-3-4-6-10(9)20-13(14)15/h3-7,13H,1-2H3,(H2,16,17,18,19). The molecule has 0 bridgehead atoms. The van der Waals surface area contributed by atoms with Crippen molar-refractivity contribution in [1.82, 2.24) is 9.97 Å². The van der Waals surface area contributed by atoms with Crippen LogP contribution in [0, 0.1) is 6.92 Å². The Labute approximate surface area is 120 Å². The highest BCUT2D eigenvalue weighted by Crippen LogP contribution is 2.33. The van der Waals surface area contributed by atoms with Crippen molar-refractivity contribution in [1.29, 1.82) is 0 Å². The van der Waals surface area contributed by atoms with Crippen LogP contribution in [-0.2, 0) is 0 Å². The van der Waals surface area contributed by atoms with Gasteiger partial charge in [0.15, 0.2) is 0 Å². The first-order valence-corrected chi connectivity index (χ1v) is 6.81. The highest BCUT2D eigenvalue weighted by atomic mass is 32.2. The van der Waals surface area contributed by atoms with Crippen molar-refractivity contribution in [2.24, 2.45) is 0 Å². The maximum atomic E-state index is 12.5. The second kappa shape index (κ2) is 6.51. The lowest BCUT2D eigenvalue weighted by molar-refractivity contribution is 0.252. The highest BCUT2D eigenvalue weighted by Gasteiger charge is 2.10. The topological polar surface area (TPSA) is 49.8 Å². The van der Waals surface area contributed by atoms with E-state index >= 15 is 0 Å². The van der Waals surface area contributed by atoms with Crippen molar-refractivity contribution in [3.05, 3.63) is 36.2 Å². The molecule has 0 fully saturated rings. The van der Waals surface area contributed by atoms with Gasteiger partial charge in [0.25, 0.3) is 5.76 Å². The molecule has 0 unspecified atom stereocenters. The minimum absolute atomic E-state index is 0.477. The van der Waals surface area contributed by atoms with E-state index in [1.165, 1.54) is 0 Å². The number of halogens is 2. The van der Waals surface area contributed by atoms with Crippen LogP contribution < -0.4 is 10.6 Å². The normalized spacial score (nSPS) is 10.7. The molecule has 0 saturated heterocycles. The van der Waals surface area contributed by atoms with Gasteiger partial charge < -0.3 is 10.6 Å². The summed E-state index contributed by atoms with van der Waals surface area (Å²) in [7, 11) is 1.76. The van der Waals surface area contributed by atoms with Gasteiger partial charge in [-0.25, -0.2) is 9.97 Å². The molecule has 2 rings (SSSR count). The van der Waals surface area contributed by atoms with Gasteiger partial charge in [0, 0.05) is 18.0 Å². The number of hydrogen-bond acceptors (Lipinski definition) is 5. The van der Waals surface area contributed by atoms with Gasteiger partial charge in [-0.3, -0.25) is 0 Å². The Bertz CT molecular complexity index is 592. The van der Waals surface area contributed by atoms with Gasteiger partial charge >= 0.3 is 0 Å². The number of aromatic nitrogens is 2. The van der Waals surface area contributed by atoms with Crippen LogP contribution in [0.15, 0.2) is 35.2 Å². The van der Waals surface area contributed by atoms with Crippen LogP contribution in [0.4, 0.5) is 26.1 Å². The number of rotatable bonds is 5. The molecule has 106 valence electrons. The minimum Gasteiger partial charge on any atom is -0.373 e. The fourth-order valence-corrected chi connectivity index (χ4v) is 2.26. The lowest BCUT2D eigenvalue weighted by Gasteiger charge is -2.12. The largest absolute Gasteiger partial charge is 0.373 e. The number of aryl methyl sites for hydroxylation is 1. The quantitative estimate of drug-likeness (QED) is 0.820. The van der Waals surface area contributed by atoms with Crippen LogP contribution in [0.2, 0.25) is 0 Å². The van der Waals surface area contributed by atoms with E-state index in [0.717, 1.165) is 0 Å². The van der Waals surface area contributed by atoms with Gasteiger partial charge in [0.05, 0.1) is 5.69 Å². The SMILES string of the molecule is CNc1cc(Nc2ccccc2SC(F)F)nc(C)n1. The van der Waals surface area contributed by atoms with Crippen molar-refractivity contribution < 1.29 is 8.78 Å². The van der Waals surface area contributed by atoms with Gasteiger partial charge in [-0.15, -0.1) is 0 Å². The number of anilines is 3. The fourth-order valence-electron chi connectivity index (χ4n) is 1.67. The molecule has 0 aliphatic rings. The van der Waals surface area contributed by atoms with E-state index in [2.05, 4.69) is 20.6 Å². The molecule has 4 nitrogen and oxygen atoms in total. The third kappa shape index (κ3) is 3.80. The molecule has 1 heterocycles. The molecule has 0 aliphatic heterocycles. The van der Waals surface area contributed by atoms with E-state index in [1.807, 2.05) is 0 Å². The zero-order chi connectivity index (χ0) is 14.5. The third-order valence-electron chi connectivity index (χ3n) is 2.46. The summed E-state index contributed by atoms with van der Waals surface area (Å²) >= 11 is 0.504. The first kappa shape index (κ1) is 14.5. The number of nitrogens with one attached hydrogen (secondary N) is 2. The molecule has 1 aromatic heterocycles. The summed E-state index contributed by atoms with van der Waals surface area (Å²) in [4.78, 5) is 8.89. The summed E-state index contributed by atoms with van der Waals surface area (Å²) in [6.07, 6.45) is 0. The Morgan fingerprint density at radius 1 is 1.15 bits per heavy atom. The number of benzene rings is 1. The summed E-state index contributed by atoms with van der Waals surface area (Å²) < 4.78 is 25.0. The predicted molar refractivity (Wildman–Crippen MR) is 77.9 cm³/mol. The first-order chi connectivity index (χ1) is 9.58. The minimum atomic E-state index is -2.46. The molecular formula is C13H14F2N4S. The van der Waals surface area contributed by atoms with E-state index in [0.29, 0.717) is 39.8 Å². The van der Waals surface area contributed by atoms with E-state index in [9.17, 15) is 8.78 Å². The number of thioether (sulfide) groups is 1. The van der Waals surface area contributed by atoms with Crippen LogP contribution >= 0.6 is 11.8 Å². The molecular weight excluding hydrogens is 282 g/mol. The van der Waals surface area contributed by atoms with Gasteiger partial charge in [-0.1, -0.05) is 23.9 Å². The summed E-state index contributed by atoms with van der Waals surface area (Å²) in [5.41, 5.74) is 0.595. The number of alkyl halides is 2. The van der Waals surface area contributed by atoms with Crippen LogP contribution in [0.5, 0.6) is 0 Å². The van der Waals surface area contributed by atoms with Crippen molar-refractivity contribution in [2.75, 3.05) is 17.7 Å². The smallest absolute Gasteiger partial charge is 0.288 e. The third-order valence-corrected chi connectivity index (χ3v) is 3.25. The Morgan fingerprint density at radius 2 is 1.85 bits per heavy atom. The highest BCUT2D eigenvalue weighted by molar-refractivity contribution is 7.99. The zero-order valence-corrected chi connectivity index (χ0v) is 11.8. The summed E-state index contributed by atoms with van der Waals surface area (Å²) in [5, 5.41) is 5.97. The number of hydrogen-bond donors (Lipinski definition) is 2. The zero-order valence-electron chi connectivity index (χ0n) is 11.0. The van der Waals surface area contributed by atoms with Gasteiger partial charge in [-0.05, 0) is 19.1 Å². The molecule has 0 aliphatic carbocycles. The lowest BCUT2D eigenvalue weighted by atomic mass is 10.3. The van der Waals surface area contributed by atoms with Crippen LogP contribution in [0.1, 0.15) is 5.82 Å². The molecule has 0 spiro atoms. The van der Waals surface area contributed by atoms with Gasteiger partial charge in [0.2, 0.25) is 0 Å². The second-order valence-electron chi connectivity index (χ2n) is 3.94. The Balaban J connectivity index is 2.27. The molecule has 0 atom stereocenters. The average Bonchev–Trinajstić information content (AvgIpc) is 2.39. The molecule has 2 aromatic rings. The summed E-state index contributed by atoms with van der Waals surface area (Å²) in [6.45, 7) is 1.77. The molecule has 2 N–H and O–H groups in total. The van der Waals surface area contributed by atoms with Crippen LogP contribution in [-0.4, -0.2) is 22.8 Å². The Kier molecular flexibility index (Phi) is 4.73. The maximum absolute atomic E-state index is 12.5. The summed E-state index contributed by atoms with van der Waals surface area (Å²) in [6, 6.07) is 8.61. The molecule has 0 saturated carbocycles. The first-order valence-electron chi connectivity index (χ1n) is 5.93. The van der Waals surface area contributed by atoms with E-state index < -0.39 is 5.76 Å². The van der Waals surface area contributed by atoms with Gasteiger partial charge in [-0.2, -0.15) is 8.78 Å². The monoisotopic (exact) mass is 296 g/mol. The van der Waals surface area contributed by atoms with Crippen molar-refractivity contribution in [3.63, 3.8) is 0 Å². The lowest BCUT2D eigenvalue weighted by Crippen LogP contribution is -2.02.